The lowest BCUT2D eigenvalue weighted by atomic mass is 10.2. The van der Waals surface area contributed by atoms with Crippen molar-refractivity contribution in [3.63, 3.8) is 0 Å². The Labute approximate surface area is 145 Å². The molecule has 25 heavy (non-hydrogen) atoms. The third-order valence-electron chi connectivity index (χ3n) is 4.05. The molecule has 1 aliphatic heterocycles. The van der Waals surface area contributed by atoms with Gasteiger partial charge in [0, 0.05) is 36.5 Å². The molecular weight excluding hydrogens is 322 g/mol. The molecular formula is C17H19N5O3. The van der Waals surface area contributed by atoms with Crippen LogP contribution < -0.4 is 10.2 Å². The van der Waals surface area contributed by atoms with E-state index in [2.05, 4.69) is 20.2 Å². The summed E-state index contributed by atoms with van der Waals surface area (Å²) in [4.78, 5) is 33.5. The molecule has 0 aliphatic carbocycles. The number of aromatic nitrogens is 2. The highest BCUT2D eigenvalue weighted by Crippen LogP contribution is 2.17. The van der Waals surface area contributed by atoms with Gasteiger partial charge in [0.15, 0.2) is 0 Å². The van der Waals surface area contributed by atoms with E-state index in [1.165, 1.54) is 24.3 Å². The number of rotatable bonds is 5. The zero-order valence-corrected chi connectivity index (χ0v) is 13.9. The zero-order valence-electron chi connectivity index (χ0n) is 13.9. The molecule has 1 N–H and O–H groups in total. The Bertz CT molecular complexity index is 785. The number of benzene rings is 1. The summed E-state index contributed by atoms with van der Waals surface area (Å²) >= 11 is 0. The Balaban J connectivity index is 1.66. The largest absolute Gasteiger partial charge is 0.346 e. The van der Waals surface area contributed by atoms with Crippen molar-refractivity contribution in [1.29, 1.82) is 0 Å². The van der Waals surface area contributed by atoms with Crippen molar-refractivity contribution < 1.29 is 9.72 Å². The van der Waals surface area contributed by atoms with Gasteiger partial charge in [0.05, 0.1) is 17.2 Å². The van der Waals surface area contributed by atoms with Crippen molar-refractivity contribution in [2.45, 2.75) is 26.3 Å². The Kier molecular flexibility index (Phi) is 4.87. The maximum absolute atomic E-state index is 12.2. The van der Waals surface area contributed by atoms with Crippen LogP contribution in [0.3, 0.4) is 0 Å². The van der Waals surface area contributed by atoms with Gasteiger partial charge in [-0.3, -0.25) is 14.9 Å². The maximum Gasteiger partial charge on any atom is 0.269 e. The number of amides is 1. The number of nitrogens with zero attached hydrogens (tertiary/aromatic N) is 4. The number of non-ortho nitro benzene ring substituents is 1. The first kappa shape index (κ1) is 16.8. The van der Waals surface area contributed by atoms with Gasteiger partial charge in [-0.05, 0) is 38.0 Å². The summed E-state index contributed by atoms with van der Waals surface area (Å²) in [5.41, 5.74) is 1.93. The molecule has 130 valence electrons. The van der Waals surface area contributed by atoms with E-state index in [4.69, 9.17) is 0 Å². The van der Waals surface area contributed by atoms with E-state index in [-0.39, 0.29) is 18.1 Å². The van der Waals surface area contributed by atoms with Gasteiger partial charge in [-0.1, -0.05) is 0 Å². The molecule has 0 spiro atoms. The summed E-state index contributed by atoms with van der Waals surface area (Å²) in [5.74, 6) is 0.408. The molecule has 0 atom stereocenters. The van der Waals surface area contributed by atoms with Gasteiger partial charge in [-0.2, -0.15) is 0 Å². The van der Waals surface area contributed by atoms with Gasteiger partial charge >= 0.3 is 0 Å². The van der Waals surface area contributed by atoms with E-state index in [9.17, 15) is 14.9 Å². The molecule has 0 unspecified atom stereocenters. The molecule has 0 bridgehead atoms. The molecule has 2 heterocycles. The highest BCUT2D eigenvalue weighted by molar-refractivity contribution is 5.94. The summed E-state index contributed by atoms with van der Waals surface area (Å²) in [6, 6.07) is 7.35. The fraction of sp³-hybridized carbons (Fsp3) is 0.353. The third-order valence-corrected chi connectivity index (χ3v) is 4.05. The van der Waals surface area contributed by atoms with Crippen molar-refractivity contribution in [3.8, 4) is 0 Å². The summed E-state index contributed by atoms with van der Waals surface area (Å²) in [7, 11) is 0. The molecule has 2 aromatic rings. The zero-order chi connectivity index (χ0) is 17.8. The summed E-state index contributed by atoms with van der Waals surface area (Å²) in [6.45, 7) is 4.10. The summed E-state index contributed by atoms with van der Waals surface area (Å²) in [6.07, 6.45) is 2.28. The van der Waals surface area contributed by atoms with Crippen molar-refractivity contribution in [2.75, 3.05) is 18.0 Å². The molecule has 0 saturated carbocycles. The number of hydrogen-bond donors (Lipinski definition) is 1. The molecule has 1 fully saturated rings. The van der Waals surface area contributed by atoms with Gasteiger partial charge in [0.2, 0.25) is 5.95 Å². The van der Waals surface area contributed by atoms with Crippen LogP contribution in [-0.2, 0) is 6.54 Å². The number of hydrogen-bond acceptors (Lipinski definition) is 6. The number of nitro groups is 1. The molecule has 1 amide bonds. The van der Waals surface area contributed by atoms with Crippen LogP contribution in [-0.4, -0.2) is 33.9 Å². The smallest absolute Gasteiger partial charge is 0.269 e. The predicted molar refractivity (Wildman–Crippen MR) is 92.5 cm³/mol. The first-order chi connectivity index (χ1) is 12.0. The second kappa shape index (κ2) is 7.25. The molecule has 1 aliphatic rings. The number of aryl methyl sites for hydroxylation is 1. The lowest BCUT2D eigenvalue weighted by Crippen LogP contribution is -2.25. The van der Waals surface area contributed by atoms with Crippen LogP contribution in [0.4, 0.5) is 11.6 Å². The Morgan fingerprint density at radius 3 is 2.56 bits per heavy atom. The number of nitro benzene ring substituents is 1. The number of carbonyl (C=O) groups is 1. The second-order valence-corrected chi connectivity index (χ2v) is 5.98. The van der Waals surface area contributed by atoms with Gasteiger partial charge in [-0.25, -0.2) is 9.97 Å². The minimum absolute atomic E-state index is 0.0433. The SMILES string of the molecule is Cc1cc(CNC(=O)c2ccc([N+](=O)[O-])cc2)nc(N2CCCC2)n1. The lowest BCUT2D eigenvalue weighted by Gasteiger charge is -2.16. The van der Waals surface area contributed by atoms with Gasteiger partial charge < -0.3 is 10.2 Å². The van der Waals surface area contributed by atoms with E-state index in [1.807, 2.05) is 13.0 Å². The monoisotopic (exact) mass is 341 g/mol. The van der Waals surface area contributed by atoms with Crippen molar-refractivity contribution >= 4 is 17.5 Å². The summed E-state index contributed by atoms with van der Waals surface area (Å²) in [5, 5.41) is 13.4. The molecule has 1 aromatic heterocycles. The number of anilines is 1. The molecule has 0 radical (unpaired) electrons. The van der Waals surface area contributed by atoms with E-state index in [0.717, 1.165) is 37.3 Å². The Morgan fingerprint density at radius 1 is 1.24 bits per heavy atom. The standard InChI is InChI=1S/C17H19N5O3/c1-12-10-14(20-17(19-12)21-8-2-3-9-21)11-18-16(23)13-4-6-15(7-5-13)22(24)25/h4-7,10H,2-3,8-9,11H2,1H3,(H,18,23). The predicted octanol–water partition coefficient (Wildman–Crippen LogP) is 2.22. The highest BCUT2D eigenvalue weighted by Gasteiger charge is 2.16. The lowest BCUT2D eigenvalue weighted by molar-refractivity contribution is -0.384. The topological polar surface area (TPSA) is 101 Å². The second-order valence-electron chi connectivity index (χ2n) is 5.98. The van der Waals surface area contributed by atoms with Crippen LogP contribution in [0.15, 0.2) is 30.3 Å². The van der Waals surface area contributed by atoms with Gasteiger partial charge in [0.25, 0.3) is 11.6 Å². The van der Waals surface area contributed by atoms with Crippen LogP contribution >= 0.6 is 0 Å². The summed E-state index contributed by atoms with van der Waals surface area (Å²) < 4.78 is 0. The van der Waals surface area contributed by atoms with Crippen molar-refractivity contribution in [3.05, 3.63) is 57.4 Å². The van der Waals surface area contributed by atoms with Crippen LogP contribution in [0.2, 0.25) is 0 Å². The van der Waals surface area contributed by atoms with E-state index in [0.29, 0.717) is 11.5 Å². The fourth-order valence-electron chi connectivity index (χ4n) is 2.77. The molecule has 8 nitrogen and oxygen atoms in total. The minimum Gasteiger partial charge on any atom is -0.346 e. The molecule has 1 saturated heterocycles. The van der Waals surface area contributed by atoms with Crippen LogP contribution in [0, 0.1) is 17.0 Å². The van der Waals surface area contributed by atoms with Gasteiger partial charge in [-0.15, -0.1) is 0 Å². The van der Waals surface area contributed by atoms with Gasteiger partial charge in [0.1, 0.15) is 0 Å². The Morgan fingerprint density at radius 2 is 1.92 bits per heavy atom. The number of nitrogens with one attached hydrogen (secondary N) is 1. The molecule has 3 rings (SSSR count). The van der Waals surface area contributed by atoms with Crippen LogP contribution in [0.25, 0.3) is 0 Å². The molecule has 1 aromatic carbocycles. The van der Waals surface area contributed by atoms with E-state index < -0.39 is 4.92 Å². The first-order valence-electron chi connectivity index (χ1n) is 8.15. The third kappa shape index (κ3) is 4.09. The number of carbonyl (C=O) groups excluding carboxylic acids is 1. The van der Waals surface area contributed by atoms with Crippen LogP contribution in [0.1, 0.15) is 34.6 Å². The normalized spacial score (nSPS) is 13.7. The maximum atomic E-state index is 12.2. The molecule has 8 heteroatoms. The average Bonchev–Trinajstić information content (AvgIpc) is 3.14. The quantitative estimate of drug-likeness (QED) is 0.661. The minimum atomic E-state index is -0.495. The highest BCUT2D eigenvalue weighted by atomic mass is 16.6. The fourth-order valence-corrected chi connectivity index (χ4v) is 2.77. The van der Waals surface area contributed by atoms with Crippen LogP contribution in [0.5, 0.6) is 0 Å². The first-order valence-corrected chi connectivity index (χ1v) is 8.15. The van der Waals surface area contributed by atoms with E-state index >= 15 is 0 Å². The van der Waals surface area contributed by atoms with Crippen molar-refractivity contribution in [2.24, 2.45) is 0 Å². The Hall–Kier alpha value is -3.03. The van der Waals surface area contributed by atoms with Crippen molar-refractivity contribution in [1.82, 2.24) is 15.3 Å². The van der Waals surface area contributed by atoms with E-state index in [1.54, 1.807) is 0 Å². The average molecular weight is 341 g/mol.